The Balaban J connectivity index is 2.38. The molecule has 1 aliphatic rings. The van der Waals surface area contributed by atoms with Crippen molar-refractivity contribution >= 4 is 37.5 Å². The van der Waals surface area contributed by atoms with Gasteiger partial charge in [-0.3, -0.25) is 37.9 Å². The zero-order valence-electron chi connectivity index (χ0n) is 36.9. The summed E-state index contributed by atoms with van der Waals surface area (Å²) in [7, 11) is -4.61. The molecule has 59 heavy (non-hydrogen) atoms. The van der Waals surface area contributed by atoms with Gasteiger partial charge in [-0.05, 0) is 19.3 Å². The maximum absolute atomic E-state index is 12.7. The maximum Gasteiger partial charge on any atom is 0.472 e. The van der Waals surface area contributed by atoms with Crippen LogP contribution >= 0.6 is 7.82 Å². The van der Waals surface area contributed by atoms with Gasteiger partial charge in [0.15, 0.2) is 6.10 Å². The first-order valence-corrected chi connectivity index (χ1v) is 24.8. The fourth-order valence-electron chi connectivity index (χ4n) is 6.90. The number of carbonyl (C=O) groups excluding carboxylic acids is 5. The highest BCUT2D eigenvalue weighted by Gasteiger charge is 2.26. The highest BCUT2D eigenvalue weighted by Crippen LogP contribution is 2.43. The second-order valence-corrected chi connectivity index (χ2v) is 17.4. The van der Waals surface area contributed by atoms with E-state index in [-0.39, 0.29) is 57.9 Å². The molecule has 0 radical (unpaired) electrons. The molecular formula is C45H81N2O11P. The summed E-state index contributed by atoms with van der Waals surface area (Å²) in [5.41, 5.74) is 0. The summed E-state index contributed by atoms with van der Waals surface area (Å²) in [6, 6.07) is 0. The molecule has 1 rings (SSSR count). The van der Waals surface area contributed by atoms with Crippen LogP contribution < -0.4 is 5.32 Å². The van der Waals surface area contributed by atoms with Gasteiger partial charge >= 0.3 is 19.8 Å². The Labute approximate surface area is 356 Å². The molecular weight excluding hydrogens is 775 g/mol. The summed E-state index contributed by atoms with van der Waals surface area (Å²) < 4.78 is 33.6. The first-order valence-electron chi connectivity index (χ1n) is 23.3. The summed E-state index contributed by atoms with van der Waals surface area (Å²) in [4.78, 5) is 71.9. The van der Waals surface area contributed by atoms with Gasteiger partial charge in [0.05, 0.1) is 13.2 Å². The van der Waals surface area contributed by atoms with Crippen LogP contribution in [0.15, 0.2) is 12.2 Å². The fraction of sp³-hybridized carbons (Fsp3) is 0.844. The minimum absolute atomic E-state index is 0.0365. The summed E-state index contributed by atoms with van der Waals surface area (Å²) in [6.07, 6.45) is 32.9. The van der Waals surface area contributed by atoms with Gasteiger partial charge in [-0.15, -0.1) is 0 Å². The molecule has 2 unspecified atom stereocenters. The van der Waals surface area contributed by atoms with Gasteiger partial charge in [0.2, 0.25) is 5.91 Å². The van der Waals surface area contributed by atoms with E-state index >= 15 is 0 Å². The van der Waals surface area contributed by atoms with Crippen molar-refractivity contribution in [1.29, 1.82) is 0 Å². The van der Waals surface area contributed by atoms with Crippen LogP contribution in [0.2, 0.25) is 0 Å². The zero-order chi connectivity index (χ0) is 43.2. The lowest BCUT2D eigenvalue weighted by Crippen LogP contribution is -2.32. The fourth-order valence-corrected chi connectivity index (χ4v) is 7.65. The third kappa shape index (κ3) is 32.8. The molecule has 2 N–H and O–H groups in total. The molecule has 1 heterocycles. The Morgan fingerprint density at radius 2 is 1.02 bits per heavy atom. The number of phosphoric acid groups is 1. The van der Waals surface area contributed by atoms with Gasteiger partial charge in [0, 0.05) is 44.5 Å². The van der Waals surface area contributed by atoms with E-state index in [1.807, 2.05) is 0 Å². The van der Waals surface area contributed by atoms with Crippen molar-refractivity contribution in [1.82, 2.24) is 10.2 Å². The maximum atomic E-state index is 12.7. The normalized spacial score (nSPS) is 14.1. The lowest BCUT2D eigenvalue weighted by molar-refractivity contribution is -0.161. The number of ether oxygens (including phenoxy) is 2. The van der Waals surface area contributed by atoms with E-state index in [1.54, 1.807) is 0 Å². The number of unbranched alkanes of at least 4 members (excludes halogenated alkanes) is 24. The predicted molar refractivity (Wildman–Crippen MR) is 231 cm³/mol. The van der Waals surface area contributed by atoms with E-state index in [9.17, 15) is 33.4 Å². The van der Waals surface area contributed by atoms with Crippen molar-refractivity contribution in [2.24, 2.45) is 0 Å². The van der Waals surface area contributed by atoms with Gasteiger partial charge < -0.3 is 19.7 Å². The largest absolute Gasteiger partial charge is 0.472 e. The molecule has 1 aliphatic heterocycles. The number of esters is 2. The van der Waals surface area contributed by atoms with E-state index < -0.39 is 44.3 Å². The quantitative estimate of drug-likeness (QED) is 0.0259. The van der Waals surface area contributed by atoms with E-state index in [0.29, 0.717) is 12.8 Å². The minimum atomic E-state index is -4.61. The summed E-state index contributed by atoms with van der Waals surface area (Å²) in [5.74, 6) is -2.15. The van der Waals surface area contributed by atoms with Crippen LogP contribution in [-0.2, 0) is 47.1 Å². The third-order valence-electron chi connectivity index (χ3n) is 10.5. The predicted octanol–water partition coefficient (Wildman–Crippen LogP) is 10.4. The molecule has 3 amide bonds. The van der Waals surface area contributed by atoms with E-state index in [2.05, 4.69) is 19.2 Å². The molecule has 0 saturated heterocycles. The first kappa shape index (κ1) is 54.4. The van der Waals surface area contributed by atoms with E-state index in [4.69, 9.17) is 18.5 Å². The number of hydrogen-bond donors (Lipinski definition) is 2. The zero-order valence-corrected chi connectivity index (χ0v) is 37.8. The third-order valence-corrected chi connectivity index (χ3v) is 11.5. The number of imide groups is 1. The van der Waals surface area contributed by atoms with E-state index in [0.717, 1.165) is 43.4 Å². The Kier molecular flexibility index (Phi) is 34.3. The molecule has 0 bridgehead atoms. The Hall–Kier alpha value is -2.60. The van der Waals surface area contributed by atoms with Crippen LogP contribution in [0.5, 0.6) is 0 Å². The van der Waals surface area contributed by atoms with Crippen LogP contribution in [0, 0.1) is 0 Å². The molecule has 0 saturated carbocycles. The number of amides is 3. The number of phosphoric ester groups is 1. The van der Waals surface area contributed by atoms with Crippen LogP contribution in [0.25, 0.3) is 0 Å². The molecule has 0 aromatic rings. The van der Waals surface area contributed by atoms with Crippen molar-refractivity contribution in [3.8, 4) is 0 Å². The van der Waals surface area contributed by atoms with Crippen molar-refractivity contribution in [2.45, 2.75) is 213 Å². The van der Waals surface area contributed by atoms with Crippen molar-refractivity contribution < 1.29 is 52.0 Å². The molecule has 0 spiro atoms. The van der Waals surface area contributed by atoms with Crippen LogP contribution in [0.3, 0.4) is 0 Å². The average molecular weight is 857 g/mol. The first-order chi connectivity index (χ1) is 28.6. The lowest BCUT2D eigenvalue weighted by Gasteiger charge is -2.20. The Bertz CT molecular complexity index is 1200. The van der Waals surface area contributed by atoms with Crippen LogP contribution in [0.1, 0.15) is 206 Å². The Morgan fingerprint density at radius 1 is 0.593 bits per heavy atom. The molecule has 0 aromatic carbocycles. The lowest BCUT2D eigenvalue weighted by atomic mass is 10.0. The highest BCUT2D eigenvalue weighted by atomic mass is 31.2. The van der Waals surface area contributed by atoms with Crippen LogP contribution in [-0.4, -0.2) is 78.5 Å². The Morgan fingerprint density at radius 3 is 1.47 bits per heavy atom. The standard InChI is InChI=1S/C45H81N2O11P/c1-3-5-7-9-11-13-15-17-19-21-23-25-27-31-44(51)55-38-40(58-45(52)32-28-26-24-22-20-18-16-14-12-10-8-6-4-2)39-57-59(53,54)56-37-35-46-41(48)30-29-36-47-42(49)33-34-43(47)50/h33-34,40H,3-32,35-39H2,1-2H3,(H,46,48)(H,53,54). The molecule has 0 aromatic heterocycles. The van der Waals surface area contributed by atoms with Gasteiger partial charge in [-0.25, -0.2) is 4.57 Å². The second-order valence-electron chi connectivity index (χ2n) is 16.0. The molecule has 0 aliphatic carbocycles. The summed E-state index contributed by atoms with van der Waals surface area (Å²) in [6.45, 7) is 3.30. The molecule has 0 fully saturated rings. The van der Waals surface area contributed by atoms with Gasteiger partial charge in [-0.1, -0.05) is 168 Å². The summed E-state index contributed by atoms with van der Waals surface area (Å²) >= 11 is 0. The number of nitrogens with zero attached hydrogens (tertiary/aromatic N) is 1. The minimum Gasteiger partial charge on any atom is -0.462 e. The van der Waals surface area contributed by atoms with Gasteiger partial charge in [0.1, 0.15) is 6.61 Å². The van der Waals surface area contributed by atoms with Crippen molar-refractivity contribution in [3.63, 3.8) is 0 Å². The van der Waals surface area contributed by atoms with Crippen LogP contribution in [0.4, 0.5) is 0 Å². The average Bonchev–Trinajstić information content (AvgIpc) is 3.53. The van der Waals surface area contributed by atoms with Crippen molar-refractivity contribution in [2.75, 3.05) is 32.9 Å². The SMILES string of the molecule is CCCCCCCCCCCCCCCC(=O)OCC(COP(=O)(O)OCCNC(=O)CCCN1C(=O)C=CC1=O)OC(=O)CCCCCCCCCCCCCCC. The van der Waals surface area contributed by atoms with Gasteiger partial charge in [-0.2, -0.15) is 0 Å². The molecule has 14 heteroatoms. The monoisotopic (exact) mass is 857 g/mol. The highest BCUT2D eigenvalue weighted by molar-refractivity contribution is 7.47. The smallest absolute Gasteiger partial charge is 0.462 e. The molecule has 2 atom stereocenters. The number of rotatable bonds is 42. The molecule has 342 valence electrons. The second kappa shape index (κ2) is 37.2. The van der Waals surface area contributed by atoms with Crippen molar-refractivity contribution in [3.05, 3.63) is 12.2 Å². The number of carbonyl (C=O) groups is 5. The van der Waals surface area contributed by atoms with E-state index in [1.165, 1.54) is 128 Å². The van der Waals surface area contributed by atoms with Gasteiger partial charge in [0.25, 0.3) is 11.8 Å². The number of nitrogens with one attached hydrogen (secondary N) is 1. The summed E-state index contributed by atoms with van der Waals surface area (Å²) in [5, 5.41) is 2.54. The number of hydrogen-bond acceptors (Lipinski definition) is 10. The topological polar surface area (TPSA) is 175 Å². The molecule has 13 nitrogen and oxygen atoms in total.